The van der Waals surface area contributed by atoms with E-state index in [1.165, 1.54) is 0 Å². The molecule has 1 heterocycles. The molecule has 1 unspecified atom stereocenters. The molecule has 0 aliphatic heterocycles. The zero-order valence-corrected chi connectivity index (χ0v) is 11.4. The molecule has 0 saturated heterocycles. The maximum Gasteiger partial charge on any atom is 0.0910 e. The van der Waals surface area contributed by atoms with Gasteiger partial charge in [-0.25, -0.2) is 0 Å². The van der Waals surface area contributed by atoms with Crippen LogP contribution in [0.5, 0.6) is 0 Å². The fourth-order valence-electron chi connectivity index (χ4n) is 1.68. The van der Waals surface area contributed by atoms with Crippen LogP contribution in [0.25, 0.3) is 0 Å². The number of aromatic nitrogens is 2. The van der Waals surface area contributed by atoms with Crippen molar-refractivity contribution in [2.75, 3.05) is 13.1 Å². The topological polar surface area (TPSA) is 50.1 Å². The van der Waals surface area contributed by atoms with Gasteiger partial charge in [-0.3, -0.25) is 4.68 Å². The maximum absolute atomic E-state index is 10.4. The van der Waals surface area contributed by atoms with Crippen LogP contribution in [-0.2, 0) is 12.1 Å². The molecule has 0 amide bonds. The van der Waals surface area contributed by atoms with Crippen LogP contribution in [0.4, 0.5) is 0 Å². The van der Waals surface area contributed by atoms with E-state index in [0.29, 0.717) is 12.3 Å². The molecule has 0 aliphatic rings. The zero-order valence-electron chi connectivity index (χ0n) is 11.4. The van der Waals surface area contributed by atoms with Crippen molar-refractivity contribution in [3.8, 4) is 0 Å². The molecule has 1 rings (SSSR count). The van der Waals surface area contributed by atoms with E-state index in [4.69, 9.17) is 0 Å². The van der Waals surface area contributed by atoms with E-state index in [2.05, 4.69) is 24.3 Å². The Morgan fingerprint density at radius 1 is 1.53 bits per heavy atom. The molecule has 17 heavy (non-hydrogen) atoms. The normalized spacial score (nSPS) is 15.2. The highest BCUT2D eigenvalue weighted by Crippen LogP contribution is 2.23. The minimum Gasteiger partial charge on any atom is -0.385 e. The Balaban J connectivity index is 2.44. The third-order valence-electron chi connectivity index (χ3n) is 2.92. The van der Waals surface area contributed by atoms with Crippen molar-refractivity contribution < 1.29 is 5.11 Å². The van der Waals surface area contributed by atoms with Crippen LogP contribution < -0.4 is 5.32 Å². The summed E-state index contributed by atoms with van der Waals surface area (Å²) in [7, 11) is 0. The molecule has 4 heteroatoms. The molecule has 0 aromatic carbocycles. The van der Waals surface area contributed by atoms with Crippen molar-refractivity contribution in [3.05, 3.63) is 18.0 Å². The molecule has 2 N–H and O–H groups in total. The molecule has 0 bridgehead atoms. The lowest BCUT2D eigenvalue weighted by Crippen LogP contribution is -2.29. The van der Waals surface area contributed by atoms with Gasteiger partial charge in [0.2, 0.25) is 0 Å². The average Bonchev–Trinajstić information content (AvgIpc) is 2.73. The summed E-state index contributed by atoms with van der Waals surface area (Å²) in [5.74, 6) is 0.641. The number of rotatable bonds is 7. The van der Waals surface area contributed by atoms with Crippen molar-refractivity contribution in [2.24, 2.45) is 5.92 Å². The van der Waals surface area contributed by atoms with E-state index < -0.39 is 5.60 Å². The second kappa shape index (κ2) is 6.17. The Morgan fingerprint density at radius 2 is 2.24 bits per heavy atom. The number of hydrogen-bond acceptors (Lipinski definition) is 3. The predicted octanol–water partition coefficient (Wildman–Crippen LogP) is 1.75. The summed E-state index contributed by atoms with van der Waals surface area (Å²) in [6, 6.07) is 0. The largest absolute Gasteiger partial charge is 0.385 e. The highest BCUT2D eigenvalue weighted by molar-refractivity contribution is 5.13. The van der Waals surface area contributed by atoms with Gasteiger partial charge >= 0.3 is 0 Å². The Labute approximate surface area is 104 Å². The third-order valence-corrected chi connectivity index (χ3v) is 2.92. The first kappa shape index (κ1) is 14.2. The summed E-state index contributed by atoms with van der Waals surface area (Å²) in [6.07, 6.45) is 4.38. The Morgan fingerprint density at radius 3 is 2.76 bits per heavy atom. The van der Waals surface area contributed by atoms with Crippen molar-refractivity contribution in [3.63, 3.8) is 0 Å². The highest BCUT2D eigenvalue weighted by atomic mass is 16.3. The molecule has 0 aliphatic carbocycles. The maximum atomic E-state index is 10.4. The first-order valence-electron chi connectivity index (χ1n) is 6.41. The van der Waals surface area contributed by atoms with Crippen molar-refractivity contribution in [2.45, 2.75) is 46.3 Å². The van der Waals surface area contributed by atoms with Gasteiger partial charge in [-0.15, -0.1) is 0 Å². The molecule has 98 valence electrons. The second-order valence-corrected chi connectivity index (χ2v) is 5.21. The lowest BCUT2D eigenvalue weighted by molar-refractivity contribution is 0.0477. The molecule has 1 aromatic heterocycles. The first-order valence-corrected chi connectivity index (χ1v) is 6.41. The highest BCUT2D eigenvalue weighted by Gasteiger charge is 2.24. The van der Waals surface area contributed by atoms with E-state index in [9.17, 15) is 5.11 Å². The third kappa shape index (κ3) is 4.48. The standard InChI is InChI=1S/C13H25N3O/c1-5-16-10-12(9-15-16)13(4,17)6-7-14-8-11(2)3/h9-11,14,17H,5-8H2,1-4H3. The van der Waals surface area contributed by atoms with Gasteiger partial charge in [-0.1, -0.05) is 13.8 Å². The van der Waals surface area contributed by atoms with Gasteiger partial charge in [0, 0.05) is 18.3 Å². The number of aryl methyl sites for hydroxylation is 1. The molecule has 0 saturated carbocycles. The quantitative estimate of drug-likeness (QED) is 0.713. The van der Waals surface area contributed by atoms with Gasteiger partial charge in [-0.05, 0) is 39.3 Å². The lowest BCUT2D eigenvalue weighted by Gasteiger charge is -2.22. The summed E-state index contributed by atoms with van der Waals surface area (Å²) in [5, 5.41) is 17.9. The Bertz CT molecular complexity index is 331. The summed E-state index contributed by atoms with van der Waals surface area (Å²) in [5.41, 5.74) is 0.0999. The fraction of sp³-hybridized carbons (Fsp3) is 0.769. The van der Waals surface area contributed by atoms with Crippen molar-refractivity contribution in [1.29, 1.82) is 0 Å². The van der Waals surface area contributed by atoms with E-state index in [1.807, 2.05) is 24.7 Å². The summed E-state index contributed by atoms with van der Waals surface area (Å²) < 4.78 is 1.84. The van der Waals surface area contributed by atoms with Crippen molar-refractivity contribution in [1.82, 2.24) is 15.1 Å². The molecular formula is C13H25N3O. The molecule has 0 radical (unpaired) electrons. The average molecular weight is 239 g/mol. The van der Waals surface area contributed by atoms with Gasteiger partial charge in [0.05, 0.1) is 11.8 Å². The minimum atomic E-state index is -0.794. The van der Waals surface area contributed by atoms with E-state index >= 15 is 0 Å². The van der Waals surface area contributed by atoms with Crippen LogP contribution in [0, 0.1) is 5.92 Å². The number of hydrogen-bond donors (Lipinski definition) is 2. The monoisotopic (exact) mass is 239 g/mol. The number of nitrogens with zero attached hydrogens (tertiary/aromatic N) is 2. The van der Waals surface area contributed by atoms with Crippen LogP contribution in [0.15, 0.2) is 12.4 Å². The van der Waals surface area contributed by atoms with Gasteiger partial charge < -0.3 is 10.4 Å². The Hall–Kier alpha value is -0.870. The zero-order chi connectivity index (χ0) is 12.9. The molecular weight excluding hydrogens is 214 g/mol. The van der Waals surface area contributed by atoms with E-state index in [-0.39, 0.29) is 0 Å². The van der Waals surface area contributed by atoms with Crippen molar-refractivity contribution >= 4 is 0 Å². The van der Waals surface area contributed by atoms with Crippen LogP contribution in [0.2, 0.25) is 0 Å². The number of nitrogens with one attached hydrogen (secondary N) is 1. The van der Waals surface area contributed by atoms with Gasteiger partial charge in [-0.2, -0.15) is 5.10 Å². The van der Waals surface area contributed by atoms with Gasteiger partial charge in [0.1, 0.15) is 0 Å². The van der Waals surface area contributed by atoms with Crippen LogP contribution in [0.3, 0.4) is 0 Å². The van der Waals surface area contributed by atoms with Crippen LogP contribution in [-0.4, -0.2) is 28.0 Å². The van der Waals surface area contributed by atoms with E-state index in [0.717, 1.165) is 25.2 Å². The smallest absolute Gasteiger partial charge is 0.0910 e. The lowest BCUT2D eigenvalue weighted by atomic mass is 9.95. The summed E-state index contributed by atoms with van der Waals surface area (Å²) in [4.78, 5) is 0. The second-order valence-electron chi connectivity index (χ2n) is 5.21. The Kier molecular flexibility index (Phi) is 5.15. The molecule has 1 aromatic rings. The van der Waals surface area contributed by atoms with E-state index in [1.54, 1.807) is 6.20 Å². The van der Waals surface area contributed by atoms with Crippen LogP contribution >= 0.6 is 0 Å². The molecule has 4 nitrogen and oxygen atoms in total. The molecule has 1 atom stereocenters. The molecule has 0 fully saturated rings. The van der Waals surface area contributed by atoms with Gasteiger partial charge in [0.25, 0.3) is 0 Å². The van der Waals surface area contributed by atoms with Gasteiger partial charge in [0.15, 0.2) is 0 Å². The fourth-order valence-corrected chi connectivity index (χ4v) is 1.68. The summed E-state index contributed by atoms with van der Waals surface area (Å²) in [6.45, 7) is 10.9. The minimum absolute atomic E-state index is 0.641. The summed E-state index contributed by atoms with van der Waals surface area (Å²) >= 11 is 0. The first-order chi connectivity index (χ1) is 7.95. The number of aliphatic hydroxyl groups is 1. The van der Waals surface area contributed by atoms with Crippen LogP contribution in [0.1, 0.15) is 39.7 Å². The molecule has 0 spiro atoms. The predicted molar refractivity (Wildman–Crippen MR) is 69.8 cm³/mol. The SMILES string of the molecule is CCn1cc(C(C)(O)CCNCC(C)C)cn1.